The topological polar surface area (TPSA) is 155 Å². The van der Waals surface area contributed by atoms with Gasteiger partial charge in [-0.2, -0.15) is 81.0 Å². The van der Waals surface area contributed by atoms with Crippen LogP contribution in [0.4, 0.5) is 4.79 Å². The first-order chi connectivity index (χ1) is 30.8. The largest absolute Gasteiger partial charge is 0.453 e. The molecule has 3 N–H and O–H groups in total. The van der Waals surface area contributed by atoms with Crippen molar-refractivity contribution in [2.45, 2.75) is 91.3 Å². The molecule has 6 heterocycles. The lowest BCUT2D eigenvalue weighted by Gasteiger charge is -2.33. The van der Waals surface area contributed by atoms with Crippen molar-refractivity contribution in [3.63, 3.8) is 0 Å². The Morgan fingerprint density at radius 3 is 1.51 bits per heavy atom. The maximum absolute atomic E-state index is 14.3. The number of carbonyl (C=O) groups is 3. The fourth-order valence-corrected chi connectivity index (χ4v) is 11.2. The van der Waals surface area contributed by atoms with Gasteiger partial charge in [0.1, 0.15) is 17.7 Å². The van der Waals surface area contributed by atoms with E-state index in [0.29, 0.717) is 26.3 Å². The molecule has 19 heteroatoms. The smallest absolute Gasteiger partial charge is 0.407 e. The van der Waals surface area contributed by atoms with Crippen LogP contribution in [0.25, 0.3) is 54.7 Å². The van der Waals surface area contributed by atoms with E-state index in [9.17, 15) is 14.4 Å². The standard InChI is InChI=1S/C51H61N7O6.6H2S/c1-29(2)31(5)47(59)57-25-50(17-7-19-63-27-50)23-40(57)45-52-38-15-11-34-21-32(9-13-36(34)43(38)54-45)33-10-14-37-35(22-33)12-16-39-44(37)55-46(53-39)41-24-51(18-8-20-64-28-51)26-58(41)48(60)42(30(3)4)56-49(61)62-6;;;;;;/h9-16,21-22,29-31,40-42H,7-8,17-20,23-28H2,1-6H3,(H,52,54)(H,53,55)(H,56,61);6*1H2/t31-,40-,41-,42-,50-,51-;;;;;;/m0....../s1. The molecular formula is C51H73N7O6S6. The number of fused-ring (bicyclic) bond motifs is 6. The predicted molar refractivity (Wildman–Crippen MR) is 310 cm³/mol. The highest BCUT2D eigenvalue weighted by Crippen LogP contribution is 2.50. The van der Waals surface area contributed by atoms with Crippen LogP contribution in [0.5, 0.6) is 0 Å². The van der Waals surface area contributed by atoms with Gasteiger partial charge in [0.15, 0.2) is 0 Å². The highest BCUT2D eigenvalue weighted by atomic mass is 32.1. The molecule has 2 spiro atoms. The number of ether oxygens (including phenoxy) is 3. The second-order valence-electron chi connectivity index (χ2n) is 20.1. The van der Waals surface area contributed by atoms with Gasteiger partial charge in [0.25, 0.3) is 0 Å². The Balaban J connectivity index is 0.00000178. The number of imidazole rings is 2. The van der Waals surface area contributed by atoms with E-state index in [1.54, 1.807) is 0 Å². The van der Waals surface area contributed by atoms with Crippen molar-refractivity contribution in [3.05, 3.63) is 72.3 Å². The summed E-state index contributed by atoms with van der Waals surface area (Å²) in [4.78, 5) is 62.4. The number of nitrogens with one attached hydrogen (secondary N) is 3. The molecule has 0 aliphatic carbocycles. The van der Waals surface area contributed by atoms with Gasteiger partial charge in [0.05, 0.1) is 54.5 Å². The second-order valence-corrected chi connectivity index (χ2v) is 20.1. The third-order valence-corrected chi connectivity index (χ3v) is 15.1. The number of carbonyl (C=O) groups excluding carboxylic acids is 3. The monoisotopic (exact) mass is 1070 g/mol. The van der Waals surface area contributed by atoms with E-state index in [1.807, 2.05) is 25.7 Å². The average molecular weight is 1070 g/mol. The van der Waals surface area contributed by atoms with Gasteiger partial charge in [-0.3, -0.25) is 9.59 Å². The molecular weight excluding hydrogens is 999 g/mol. The third kappa shape index (κ3) is 10.9. The Kier molecular flexibility index (Phi) is 20.0. The lowest BCUT2D eigenvalue weighted by atomic mass is 9.80. The number of aromatic amines is 2. The van der Waals surface area contributed by atoms with Gasteiger partial charge in [-0.05, 0) is 96.5 Å². The van der Waals surface area contributed by atoms with Gasteiger partial charge in [0.2, 0.25) is 11.8 Å². The van der Waals surface area contributed by atoms with Crippen LogP contribution in [0.1, 0.15) is 96.9 Å². The molecule has 4 aliphatic rings. The second kappa shape index (κ2) is 23.6. The van der Waals surface area contributed by atoms with Crippen molar-refractivity contribution < 1.29 is 28.6 Å². The molecule has 6 aromatic rings. The van der Waals surface area contributed by atoms with Crippen molar-refractivity contribution in [1.82, 2.24) is 35.1 Å². The van der Waals surface area contributed by atoms with Crippen molar-refractivity contribution in [1.29, 1.82) is 0 Å². The lowest BCUT2D eigenvalue weighted by Crippen LogP contribution is -2.51. The van der Waals surface area contributed by atoms with Crippen LogP contribution in [0.2, 0.25) is 0 Å². The Hall–Kier alpha value is -3.43. The molecule has 4 saturated heterocycles. The van der Waals surface area contributed by atoms with Crippen LogP contribution in [-0.4, -0.2) is 100 Å². The first-order valence-corrected chi connectivity index (χ1v) is 23.3. The van der Waals surface area contributed by atoms with Gasteiger partial charge in [-0.1, -0.05) is 71.0 Å². The van der Waals surface area contributed by atoms with Gasteiger partial charge in [-0.25, -0.2) is 14.8 Å². The molecule has 4 fully saturated rings. The molecule has 0 saturated carbocycles. The number of rotatable bonds is 8. The van der Waals surface area contributed by atoms with Crippen LogP contribution in [0.3, 0.4) is 0 Å². The van der Waals surface area contributed by atoms with E-state index in [4.69, 9.17) is 24.2 Å². The number of hydrogen-bond donors (Lipinski definition) is 3. The molecule has 10 rings (SSSR count). The summed E-state index contributed by atoms with van der Waals surface area (Å²) in [7, 11) is 1.31. The zero-order valence-electron chi connectivity index (χ0n) is 41.0. The molecule has 0 unspecified atom stereocenters. The maximum Gasteiger partial charge on any atom is 0.407 e. The van der Waals surface area contributed by atoms with Crippen molar-refractivity contribution in [2.24, 2.45) is 28.6 Å². The number of likely N-dealkylation sites (tertiary alicyclic amines) is 2. The fraction of sp³-hybridized carbons (Fsp3) is 0.510. The normalized spacial score (nSPS) is 22.7. The van der Waals surface area contributed by atoms with E-state index in [-0.39, 0.29) is 133 Å². The molecule has 0 radical (unpaired) electrons. The van der Waals surface area contributed by atoms with Crippen LogP contribution < -0.4 is 5.32 Å². The number of methoxy groups -OCH3 is 1. The van der Waals surface area contributed by atoms with Crippen LogP contribution in [0.15, 0.2) is 60.7 Å². The Bertz CT molecular complexity index is 2790. The quantitative estimate of drug-likeness (QED) is 0.136. The maximum atomic E-state index is 14.3. The predicted octanol–water partition coefficient (Wildman–Crippen LogP) is 9.90. The molecule has 6 atom stereocenters. The number of nitrogens with zero attached hydrogens (tertiary/aromatic N) is 4. The number of benzene rings is 4. The van der Waals surface area contributed by atoms with E-state index in [2.05, 4.69) is 94.7 Å². The van der Waals surface area contributed by atoms with Crippen molar-refractivity contribution >= 4 is 142 Å². The lowest BCUT2D eigenvalue weighted by molar-refractivity contribution is -0.138. The van der Waals surface area contributed by atoms with E-state index in [0.717, 1.165) is 118 Å². The van der Waals surface area contributed by atoms with E-state index >= 15 is 0 Å². The molecule has 13 nitrogen and oxygen atoms in total. The summed E-state index contributed by atoms with van der Waals surface area (Å²) in [6, 6.07) is 20.4. The van der Waals surface area contributed by atoms with E-state index < -0.39 is 12.1 Å². The summed E-state index contributed by atoms with van der Waals surface area (Å²) in [5.74, 6) is 1.69. The minimum atomic E-state index is -0.737. The summed E-state index contributed by atoms with van der Waals surface area (Å²) in [5, 5.41) is 7.05. The van der Waals surface area contributed by atoms with Crippen LogP contribution in [0, 0.1) is 28.6 Å². The Morgan fingerprint density at radius 1 is 0.657 bits per heavy atom. The molecule has 70 heavy (non-hydrogen) atoms. The summed E-state index contributed by atoms with van der Waals surface area (Å²) >= 11 is 0. The Labute approximate surface area is 453 Å². The highest BCUT2D eigenvalue weighted by molar-refractivity contribution is 7.60. The fourth-order valence-electron chi connectivity index (χ4n) is 11.2. The molecule has 4 aliphatic heterocycles. The zero-order chi connectivity index (χ0) is 44.5. The zero-order valence-corrected chi connectivity index (χ0v) is 47.0. The van der Waals surface area contributed by atoms with Gasteiger partial charge in [0, 0.05) is 53.8 Å². The third-order valence-electron chi connectivity index (χ3n) is 15.1. The van der Waals surface area contributed by atoms with Crippen LogP contribution >= 0.6 is 81.0 Å². The number of aromatic nitrogens is 4. The molecule has 2 aromatic heterocycles. The van der Waals surface area contributed by atoms with Crippen LogP contribution in [-0.2, 0) is 23.8 Å². The summed E-state index contributed by atoms with van der Waals surface area (Å²) in [5.41, 5.74) is 5.64. The Morgan fingerprint density at radius 2 is 1.11 bits per heavy atom. The number of amides is 3. The van der Waals surface area contributed by atoms with E-state index in [1.165, 1.54) is 7.11 Å². The minimum absolute atomic E-state index is 0. The summed E-state index contributed by atoms with van der Waals surface area (Å²) < 4.78 is 16.9. The van der Waals surface area contributed by atoms with Crippen molar-refractivity contribution in [2.75, 3.05) is 46.6 Å². The minimum Gasteiger partial charge on any atom is -0.453 e. The average Bonchev–Trinajstić information content (AvgIpc) is 4.11. The summed E-state index contributed by atoms with van der Waals surface area (Å²) in [6.45, 7) is 14.2. The number of hydrogen-bond acceptors (Lipinski definition) is 8. The highest BCUT2D eigenvalue weighted by Gasteiger charge is 2.51. The first-order valence-electron chi connectivity index (χ1n) is 23.3. The molecule has 3 amide bonds. The number of H-pyrrole nitrogens is 2. The van der Waals surface area contributed by atoms with Gasteiger partial charge < -0.3 is 39.3 Å². The summed E-state index contributed by atoms with van der Waals surface area (Å²) in [6.07, 6.45) is 4.95. The first kappa shape index (κ1) is 59.1. The SMILES string of the molecule is COC(=O)N[C@H](C(=O)N1C[C@]2(CCCOC2)C[C@H]1c1nc2c(ccc3cc(-c4ccc5c(ccc6[nH]c([C@@H]7C[C@@]8(CCCOC8)CN7C(=O)[C@@H](C)C(C)C)nc65)c4)ccc32)[nH]1)C(C)C.S.S.S.S.S.S. The molecule has 0 bridgehead atoms. The van der Waals surface area contributed by atoms with Gasteiger partial charge >= 0.3 is 6.09 Å². The molecule has 4 aromatic carbocycles. The van der Waals surface area contributed by atoms with Crippen molar-refractivity contribution in [3.8, 4) is 11.1 Å². The number of alkyl carbamates (subject to hydrolysis) is 1. The van der Waals surface area contributed by atoms with Gasteiger partial charge in [-0.15, -0.1) is 0 Å². The molecule has 384 valence electrons.